The molecule has 0 saturated heterocycles. The Hall–Kier alpha value is -2.29. The summed E-state index contributed by atoms with van der Waals surface area (Å²) >= 11 is 1.66. The summed E-state index contributed by atoms with van der Waals surface area (Å²) in [6, 6.07) is 16.0. The lowest BCUT2D eigenvalue weighted by atomic mass is 10.2. The average Bonchev–Trinajstić information content (AvgIpc) is 3.34. The molecule has 4 rings (SSSR count). The zero-order valence-electron chi connectivity index (χ0n) is 14.5. The molecule has 2 aromatic carbocycles. The Bertz CT molecular complexity index is 862. The Kier molecular flexibility index (Phi) is 6.92. The third-order valence-corrected chi connectivity index (χ3v) is 4.94. The van der Waals surface area contributed by atoms with Gasteiger partial charge in [0.05, 0.1) is 5.69 Å². The highest BCUT2D eigenvalue weighted by Crippen LogP contribution is 2.32. The van der Waals surface area contributed by atoms with Crippen molar-refractivity contribution < 1.29 is 21.9 Å². The molecule has 27 heavy (non-hydrogen) atoms. The van der Waals surface area contributed by atoms with E-state index >= 15 is 0 Å². The molecule has 0 fully saturated rings. The first kappa shape index (κ1) is 19.5. The molecule has 3 aromatic rings. The zero-order valence-corrected chi connectivity index (χ0v) is 16.1. The van der Waals surface area contributed by atoms with E-state index in [1.54, 1.807) is 16.4 Å². The Morgan fingerprint density at radius 2 is 1.93 bits per heavy atom. The van der Waals surface area contributed by atoms with Crippen LogP contribution >= 0.6 is 11.8 Å². The average molecular weight is 405 g/mol. The van der Waals surface area contributed by atoms with Crippen LogP contribution in [0.2, 0.25) is 0 Å². The number of nitrogens with zero attached hydrogens (tertiary/aromatic N) is 4. The molecule has 0 bridgehead atoms. The van der Waals surface area contributed by atoms with Crippen LogP contribution in [-0.2, 0) is 6.54 Å². The number of ether oxygens (including phenoxy) is 2. The Morgan fingerprint density at radius 1 is 1.07 bits per heavy atom. The van der Waals surface area contributed by atoms with Gasteiger partial charge in [0.2, 0.25) is 11.9 Å². The largest absolute Gasteiger partial charge is 1.00 e. The SMILES string of the molecule is [Cl-].c1ccc(-n2nnnc2SCCCNCc2ccc3c(c2)OCO3)cc1. The summed E-state index contributed by atoms with van der Waals surface area (Å²) in [6.07, 6.45) is 1.02. The van der Waals surface area contributed by atoms with Crippen LogP contribution in [0.4, 0.5) is 0 Å². The van der Waals surface area contributed by atoms with E-state index in [2.05, 4.69) is 26.9 Å². The van der Waals surface area contributed by atoms with Gasteiger partial charge >= 0.3 is 0 Å². The van der Waals surface area contributed by atoms with Crippen molar-refractivity contribution in [1.82, 2.24) is 25.5 Å². The first-order valence-electron chi connectivity index (χ1n) is 8.46. The van der Waals surface area contributed by atoms with Crippen molar-refractivity contribution >= 4 is 11.8 Å². The summed E-state index contributed by atoms with van der Waals surface area (Å²) in [5.41, 5.74) is 2.16. The van der Waals surface area contributed by atoms with E-state index in [9.17, 15) is 0 Å². The zero-order chi connectivity index (χ0) is 17.6. The van der Waals surface area contributed by atoms with Gasteiger partial charge in [0.1, 0.15) is 0 Å². The van der Waals surface area contributed by atoms with Crippen LogP contribution in [0, 0.1) is 0 Å². The summed E-state index contributed by atoms with van der Waals surface area (Å²) in [6.45, 7) is 2.04. The van der Waals surface area contributed by atoms with Gasteiger partial charge in [-0.3, -0.25) is 0 Å². The smallest absolute Gasteiger partial charge is 0.231 e. The number of para-hydroxylation sites is 1. The minimum absolute atomic E-state index is 0. The quantitative estimate of drug-likeness (QED) is 0.407. The molecule has 0 spiro atoms. The van der Waals surface area contributed by atoms with Gasteiger partial charge in [0.25, 0.3) is 0 Å². The molecular formula is C18H19ClN5O2S-. The fraction of sp³-hybridized carbons (Fsp3) is 0.278. The molecule has 0 aliphatic carbocycles. The molecule has 0 amide bonds. The van der Waals surface area contributed by atoms with Crippen molar-refractivity contribution in [3.8, 4) is 17.2 Å². The lowest BCUT2D eigenvalue weighted by Crippen LogP contribution is -3.00. The minimum Gasteiger partial charge on any atom is -1.00 e. The second-order valence-electron chi connectivity index (χ2n) is 5.78. The lowest BCUT2D eigenvalue weighted by molar-refractivity contribution is -0.00000690. The molecule has 1 N–H and O–H groups in total. The number of benzene rings is 2. The van der Waals surface area contributed by atoms with Gasteiger partial charge < -0.3 is 27.2 Å². The standard InChI is InChI=1S/C18H19N5O2S.ClH/c1-2-5-15(6-3-1)23-18(20-21-22-23)26-10-4-9-19-12-14-7-8-16-17(11-14)25-13-24-16;/h1-3,5-8,11,19H,4,9-10,12-13H2;1H/p-1. The third-order valence-electron chi connectivity index (χ3n) is 3.94. The maximum absolute atomic E-state index is 5.40. The van der Waals surface area contributed by atoms with Crippen molar-refractivity contribution in [2.45, 2.75) is 18.1 Å². The number of halogens is 1. The fourth-order valence-corrected chi connectivity index (χ4v) is 3.47. The summed E-state index contributed by atoms with van der Waals surface area (Å²) in [7, 11) is 0. The van der Waals surface area contributed by atoms with Gasteiger partial charge in [-0.1, -0.05) is 36.0 Å². The molecule has 142 valence electrons. The number of nitrogens with one attached hydrogen (secondary N) is 1. The molecule has 2 heterocycles. The van der Waals surface area contributed by atoms with Crippen molar-refractivity contribution in [3.63, 3.8) is 0 Å². The van der Waals surface area contributed by atoms with Gasteiger partial charge in [-0.15, -0.1) is 5.10 Å². The summed E-state index contributed by atoms with van der Waals surface area (Å²) in [5.74, 6) is 2.59. The van der Waals surface area contributed by atoms with Gasteiger partial charge in [0, 0.05) is 12.3 Å². The number of tetrazole rings is 1. The van der Waals surface area contributed by atoms with Crippen molar-refractivity contribution in [2.24, 2.45) is 0 Å². The number of thioether (sulfide) groups is 1. The van der Waals surface area contributed by atoms with E-state index in [1.165, 1.54) is 5.56 Å². The van der Waals surface area contributed by atoms with Crippen molar-refractivity contribution in [1.29, 1.82) is 0 Å². The molecule has 1 aliphatic rings. The number of hydrogen-bond donors (Lipinski definition) is 1. The summed E-state index contributed by atoms with van der Waals surface area (Å²) < 4.78 is 12.5. The lowest BCUT2D eigenvalue weighted by Gasteiger charge is -2.06. The molecule has 7 nitrogen and oxygen atoms in total. The van der Waals surface area contributed by atoms with E-state index in [1.807, 2.05) is 42.5 Å². The van der Waals surface area contributed by atoms with Crippen LogP contribution in [0.25, 0.3) is 5.69 Å². The van der Waals surface area contributed by atoms with Crippen LogP contribution in [0.3, 0.4) is 0 Å². The highest BCUT2D eigenvalue weighted by molar-refractivity contribution is 7.99. The maximum atomic E-state index is 5.40. The minimum atomic E-state index is 0. The maximum Gasteiger partial charge on any atom is 0.231 e. The summed E-state index contributed by atoms with van der Waals surface area (Å²) in [4.78, 5) is 0. The molecule has 1 aromatic heterocycles. The highest BCUT2D eigenvalue weighted by Gasteiger charge is 2.13. The van der Waals surface area contributed by atoms with Gasteiger partial charge in [-0.25, -0.2) is 0 Å². The van der Waals surface area contributed by atoms with E-state index in [0.29, 0.717) is 6.79 Å². The molecule has 0 saturated carbocycles. The van der Waals surface area contributed by atoms with Crippen LogP contribution in [0.1, 0.15) is 12.0 Å². The van der Waals surface area contributed by atoms with E-state index < -0.39 is 0 Å². The first-order valence-corrected chi connectivity index (χ1v) is 9.44. The van der Waals surface area contributed by atoms with Crippen LogP contribution in [-0.4, -0.2) is 39.3 Å². The molecule has 0 atom stereocenters. The van der Waals surface area contributed by atoms with Gasteiger partial charge in [-0.2, -0.15) is 4.68 Å². The van der Waals surface area contributed by atoms with Crippen LogP contribution in [0.15, 0.2) is 53.7 Å². The number of rotatable bonds is 8. The Morgan fingerprint density at radius 3 is 2.81 bits per heavy atom. The van der Waals surface area contributed by atoms with Crippen LogP contribution in [0.5, 0.6) is 11.5 Å². The number of aromatic nitrogens is 4. The second kappa shape index (κ2) is 9.59. The summed E-state index contributed by atoms with van der Waals surface area (Å²) in [5, 5.41) is 16.2. The number of hydrogen-bond acceptors (Lipinski definition) is 7. The van der Waals surface area contributed by atoms with Gasteiger partial charge in [-0.05, 0) is 53.2 Å². The normalized spacial score (nSPS) is 12.0. The molecule has 0 radical (unpaired) electrons. The van der Waals surface area contributed by atoms with Gasteiger partial charge in [0.15, 0.2) is 11.5 Å². The topological polar surface area (TPSA) is 74.1 Å². The Labute approximate surface area is 167 Å². The number of fused-ring (bicyclic) bond motifs is 1. The van der Waals surface area contributed by atoms with Crippen molar-refractivity contribution in [3.05, 3.63) is 54.1 Å². The molecule has 9 heteroatoms. The van der Waals surface area contributed by atoms with Crippen molar-refractivity contribution in [2.75, 3.05) is 19.1 Å². The predicted octanol–water partition coefficient (Wildman–Crippen LogP) is -0.333. The van der Waals surface area contributed by atoms with E-state index in [4.69, 9.17) is 9.47 Å². The van der Waals surface area contributed by atoms with E-state index in [-0.39, 0.29) is 12.4 Å². The van der Waals surface area contributed by atoms with Crippen LogP contribution < -0.4 is 27.2 Å². The first-order chi connectivity index (χ1) is 12.9. The second-order valence-corrected chi connectivity index (χ2v) is 6.84. The predicted molar refractivity (Wildman–Crippen MR) is 98.8 cm³/mol. The highest BCUT2D eigenvalue weighted by atomic mass is 35.5. The van der Waals surface area contributed by atoms with E-state index in [0.717, 1.165) is 47.6 Å². The monoisotopic (exact) mass is 404 g/mol. The molecular weight excluding hydrogens is 386 g/mol. The molecule has 0 unspecified atom stereocenters. The fourth-order valence-electron chi connectivity index (χ4n) is 2.64. The Balaban J connectivity index is 0.00000210. The molecule has 1 aliphatic heterocycles. The third kappa shape index (κ3) is 4.91.